The summed E-state index contributed by atoms with van der Waals surface area (Å²) in [4.78, 5) is 28.1. The molecule has 3 aromatic heterocycles. The highest BCUT2D eigenvalue weighted by molar-refractivity contribution is 7.19. The smallest absolute Gasteiger partial charge is 0.225 e. The molecule has 0 saturated carbocycles. The van der Waals surface area contributed by atoms with Gasteiger partial charge in [-0.3, -0.25) is 14.8 Å². The number of H-pyrrole nitrogens is 1. The molecule has 0 unspecified atom stereocenters. The summed E-state index contributed by atoms with van der Waals surface area (Å²) in [7, 11) is 3.66. The molecule has 4 heterocycles. The number of ether oxygens (including phenoxy) is 1. The van der Waals surface area contributed by atoms with Crippen LogP contribution in [0, 0.1) is 5.92 Å². The molecule has 1 aliphatic carbocycles. The number of aromatic nitrogens is 4. The fourth-order valence-corrected chi connectivity index (χ4v) is 6.66. The quantitative estimate of drug-likeness (QED) is 0.392. The van der Waals surface area contributed by atoms with E-state index in [1.807, 2.05) is 26.4 Å². The Kier molecular flexibility index (Phi) is 6.22. The van der Waals surface area contributed by atoms with Gasteiger partial charge < -0.3 is 15.0 Å². The number of nitrogens with one attached hydrogen (secondary N) is 2. The Morgan fingerprint density at radius 1 is 1.28 bits per heavy atom. The molecule has 1 fully saturated rings. The third kappa shape index (κ3) is 4.39. The first kappa shape index (κ1) is 23.2. The average molecular weight is 506 g/mol. The molecule has 1 atom stereocenters. The maximum Gasteiger partial charge on any atom is 0.225 e. The van der Waals surface area contributed by atoms with Crippen LogP contribution in [0.15, 0.2) is 24.7 Å². The molecule has 36 heavy (non-hydrogen) atoms. The molecule has 9 nitrogen and oxygen atoms in total. The van der Waals surface area contributed by atoms with Gasteiger partial charge in [0.1, 0.15) is 29.3 Å². The number of benzene rings is 1. The number of fused-ring (bicyclic) bond motifs is 4. The lowest BCUT2D eigenvalue weighted by Gasteiger charge is -2.24. The Morgan fingerprint density at radius 2 is 2.14 bits per heavy atom. The van der Waals surface area contributed by atoms with E-state index >= 15 is 0 Å². The summed E-state index contributed by atoms with van der Waals surface area (Å²) in [6.07, 6.45) is 8.42. The van der Waals surface area contributed by atoms with Gasteiger partial charge >= 0.3 is 0 Å². The Bertz CT molecular complexity index is 1410. The first-order valence-electron chi connectivity index (χ1n) is 12.6. The van der Waals surface area contributed by atoms with E-state index in [4.69, 9.17) is 4.74 Å². The first-order valence-corrected chi connectivity index (χ1v) is 13.4. The topological polar surface area (TPSA) is 99.3 Å². The first-order chi connectivity index (χ1) is 17.6. The molecule has 1 amide bonds. The van der Waals surface area contributed by atoms with Crippen LogP contribution < -0.4 is 10.1 Å². The molecule has 10 heteroatoms. The molecular weight excluding hydrogens is 474 g/mol. The monoisotopic (exact) mass is 505 g/mol. The third-order valence-electron chi connectivity index (χ3n) is 7.29. The van der Waals surface area contributed by atoms with Gasteiger partial charge in [-0.05, 0) is 56.8 Å². The zero-order valence-corrected chi connectivity index (χ0v) is 21.5. The molecule has 2 aliphatic rings. The summed E-state index contributed by atoms with van der Waals surface area (Å²) in [6, 6.07) is 4.07. The number of aryl methyl sites for hydroxylation is 1. The maximum absolute atomic E-state index is 12.6. The maximum atomic E-state index is 12.6. The van der Waals surface area contributed by atoms with Crippen molar-refractivity contribution >= 4 is 49.9 Å². The van der Waals surface area contributed by atoms with Crippen LogP contribution >= 0.6 is 11.3 Å². The number of carbonyl (C=O) groups excluding carboxylic acids is 1. The van der Waals surface area contributed by atoms with Crippen LogP contribution in [0.5, 0.6) is 5.75 Å². The highest BCUT2D eigenvalue weighted by atomic mass is 32.1. The number of hydrogen-bond donors (Lipinski definition) is 2. The van der Waals surface area contributed by atoms with E-state index < -0.39 is 0 Å². The van der Waals surface area contributed by atoms with Crippen LogP contribution in [-0.2, 0) is 17.6 Å². The van der Waals surface area contributed by atoms with E-state index in [0.29, 0.717) is 6.61 Å². The van der Waals surface area contributed by atoms with Gasteiger partial charge in [-0.15, -0.1) is 11.3 Å². The van der Waals surface area contributed by atoms with Crippen molar-refractivity contribution in [2.24, 2.45) is 5.92 Å². The fourth-order valence-electron chi connectivity index (χ4n) is 5.39. The zero-order chi connectivity index (χ0) is 24.6. The molecule has 0 bridgehead atoms. The van der Waals surface area contributed by atoms with Crippen LogP contribution in [0.4, 0.5) is 11.5 Å². The van der Waals surface area contributed by atoms with Crippen LogP contribution in [0.1, 0.15) is 29.7 Å². The molecular formula is C26H31N7O2S. The second kappa shape index (κ2) is 9.67. The van der Waals surface area contributed by atoms with Gasteiger partial charge in [0, 0.05) is 42.9 Å². The molecule has 1 saturated heterocycles. The molecule has 6 rings (SSSR count). The number of hydrogen-bond acceptors (Lipinski definition) is 8. The summed E-state index contributed by atoms with van der Waals surface area (Å²) in [6.45, 7) is 3.85. The van der Waals surface area contributed by atoms with E-state index in [-0.39, 0.29) is 11.8 Å². The van der Waals surface area contributed by atoms with Crippen LogP contribution in [0.25, 0.3) is 21.1 Å². The number of thiophene rings is 1. The highest BCUT2D eigenvalue weighted by Crippen LogP contribution is 2.42. The summed E-state index contributed by atoms with van der Waals surface area (Å²) >= 11 is 1.68. The predicted octanol–water partition coefficient (Wildman–Crippen LogP) is 3.98. The fraction of sp³-hybridized carbons (Fsp3) is 0.462. The van der Waals surface area contributed by atoms with Crippen molar-refractivity contribution in [3.63, 3.8) is 0 Å². The Labute approximate surface area is 213 Å². The summed E-state index contributed by atoms with van der Waals surface area (Å²) in [5.74, 6) is 1.79. The minimum atomic E-state index is 0.0315. The SMILES string of the molecule is CN(C)C(=O)[C@H]1CCc2c(sc3ncnc(Nc4cc5cn[nH]c5cc4OCCN4CCCC4)c23)C1. The van der Waals surface area contributed by atoms with Gasteiger partial charge in [0.2, 0.25) is 5.91 Å². The molecule has 188 valence electrons. The summed E-state index contributed by atoms with van der Waals surface area (Å²) in [5.41, 5.74) is 3.07. The van der Waals surface area contributed by atoms with Crippen molar-refractivity contribution in [3.8, 4) is 5.75 Å². The summed E-state index contributed by atoms with van der Waals surface area (Å²) < 4.78 is 6.28. The van der Waals surface area contributed by atoms with Crippen molar-refractivity contribution < 1.29 is 9.53 Å². The lowest BCUT2D eigenvalue weighted by molar-refractivity contribution is -0.133. The van der Waals surface area contributed by atoms with E-state index in [9.17, 15) is 4.79 Å². The number of amides is 1. The Balaban J connectivity index is 1.30. The van der Waals surface area contributed by atoms with Crippen molar-refractivity contribution in [1.29, 1.82) is 0 Å². The van der Waals surface area contributed by atoms with Crippen LogP contribution in [0.2, 0.25) is 0 Å². The highest BCUT2D eigenvalue weighted by Gasteiger charge is 2.30. The van der Waals surface area contributed by atoms with Gasteiger partial charge in [-0.1, -0.05) is 0 Å². The zero-order valence-electron chi connectivity index (χ0n) is 20.7. The number of rotatable bonds is 7. The Morgan fingerprint density at radius 3 is 2.97 bits per heavy atom. The van der Waals surface area contributed by atoms with Crippen LogP contribution in [0.3, 0.4) is 0 Å². The van der Waals surface area contributed by atoms with Crippen molar-refractivity contribution in [1.82, 2.24) is 30.0 Å². The molecule has 0 radical (unpaired) electrons. The predicted molar refractivity (Wildman–Crippen MR) is 142 cm³/mol. The number of aromatic amines is 1. The number of anilines is 2. The molecule has 1 aromatic carbocycles. The number of carbonyl (C=O) groups is 1. The van der Waals surface area contributed by atoms with Gasteiger partial charge in [0.15, 0.2) is 0 Å². The van der Waals surface area contributed by atoms with Gasteiger partial charge in [-0.25, -0.2) is 9.97 Å². The molecule has 2 N–H and O–H groups in total. The second-order valence-corrected chi connectivity index (χ2v) is 11.0. The third-order valence-corrected chi connectivity index (χ3v) is 8.45. The second-order valence-electron chi connectivity index (χ2n) is 9.91. The number of likely N-dealkylation sites (tertiary alicyclic amines) is 1. The minimum absolute atomic E-state index is 0.0315. The average Bonchev–Trinajstić information content (AvgIpc) is 3.63. The summed E-state index contributed by atoms with van der Waals surface area (Å²) in [5, 5.41) is 12.9. The van der Waals surface area contributed by atoms with Gasteiger partial charge in [0.05, 0.1) is 22.8 Å². The Hall–Kier alpha value is -3.24. The largest absolute Gasteiger partial charge is 0.490 e. The normalized spacial score (nSPS) is 18.0. The molecule has 0 spiro atoms. The van der Waals surface area contributed by atoms with Crippen molar-refractivity contribution in [3.05, 3.63) is 35.1 Å². The van der Waals surface area contributed by atoms with Gasteiger partial charge in [0.25, 0.3) is 0 Å². The van der Waals surface area contributed by atoms with Crippen molar-refractivity contribution in [2.45, 2.75) is 32.1 Å². The van der Waals surface area contributed by atoms with Crippen molar-refractivity contribution in [2.75, 3.05) is 45.7 Å². The minimum Gasteiger partial charge on any atom is -0.490 e. The lowest BCUT2D eigenvalue weighted by atomic mass is 9.87. The van der Waals surface area contributed by atoms with E-state index in [2.05, 4.69) is 36.4 Å². The standard InChI is InChI=1S/C26H31N7O2S/c1-32(2)26(34)16-5-6-18-22(12-16)36-25-23(18)24(27-15-28-25)30-20-11-17-14-29-31-19(17)13-21(20)35-10-9-33-7-3-4-8-33/h11,13-16H,3-10,12H2,1-2H3,(H,29,31)(H,27,28,30)/t16-/m0/s1. The molecule has 4 aromatic rings. The number of nitrogens with zero attached hydrogens (tertiary/aromatic N) is 5. The molecule has 1 aliphatic heterocycles. The van der Waals surface area contributed by atoms with Crippen LogP contribution in [-0.4, -0.2) is 76.2 Å². The van der Waals surface area contributed by atoms with E-state index in [1.165, 1.54) is 23.3 Å². The lowest BCUT2D eigenvalue weighted by Crippen LogP contribution is -2.32. The van der Waals surface area contributed by atoms with E-state index in [1.54, 1.807) is 22.6 Å². The van der Waals surface area contributed by atoms with E-state index in [0.717, 1.165) is 77.3 Å². The van der Waals surface area contributed by atoms with Gasteiger partial charge in [-0.2, -0.15) is 5.10 Å².